The molecule has 1 aromatic rings. The van der Waals surface area contributed by atoms with E-state index in [9.17, 15) is 0 Å². The highest BCUT2D eigenvalue weighted by atomic mass is 15.2. The lowest BCUT2D eigenvalue weighted by Crippen LogP contribution is -2.20. The van der Waals surface area contributed by atoms with Crippen molar-refractivity contribution in [2.75, 3.05) is 25.0 Å². The van der Waals surface area contributed by atoms with Crippen LogP contribution in [0.3, 0.4) is 0 Å². The molecule has 0 atom stereocenters. The molecule has 3 nitrogen and oxygen atoms in total. The van der Waals surface area contributed by atoms with Crippen molar-refractivity contribution in [3.05, 3.63) is 23.4 Å². The number of rotatable bonds is 8. The molecule has 0 amide bonds. The largest absolute Gasteiger partial charge is 0.360 e. The predicted molar refractivity (Wildman–Crippen MR) is 79.1 cm³/mol. The summed E-state index contributed by atoms with van der Waals surface area (Å²) in [6.07, 6.45) is 3.61. The average Bonchev–Trinajstić information content (AvgIpc) is 2.38. The molecule has 0 aliphatic heterocycles. The molecule has 0 aromatic carbocycles. The summed E-state index contributed by atoms with van der Waals surface area (Å²) in [4.78, 5) is 6.93. The van der Waals surface area contributed by atoms with Gasteiger partial charge in [0.15, 0.2) is 0 Å². The zero-order valence-electron chi connectivity index (χ0n) is 12.3. The highest BCUT2D eigenvalue weighted by molar-refractivity contribution is 5.40. The van der Waals surface area contributed by atoms with Crippen molar-refractivity contribution in [1.29, 1.82) is 0 Å². The molecular formula is C15H27N3. The van der Waals surface area contributed by atoms with Crippen LogP contribution < -0.4 is 10.2 Å². The molecule has 1 N–H and O–H groups in total. The standard InChI is InChI=1S/C15H27N3/c1-5-7-11-18(4)15-9-8-14(13(3)17-15)12-16-10-6-2/h8-9,16H,5-7,10-12H2,1-4H3. The molecule has 1 aromatic heterocycles. The summed E-state index contributed by atoms with van der Waals surface area (Å²) in [5.74, 6) is 1.08. The number of pyridine rings is 1. The smallest absolute Gasteiger partial charge is 0.128 e. The van der Waals surface area contributed by atoms with Crippen LogP contribution in [0.15, 0.2) is 12.1 Å². The lowest BCUT2D eigenvalue weighted by molar-refractivity contribution is 0.670. The van der Waals surface area contributed by atoms with Crippen LogP contribution in [0, 0.1) is 6.92 Å². The molecule has 0 fully saturated rings. The molecular weight excluding hydrogens is 222 g/mol. The highest BCUT2D eigenvalue weighted by Gasteiger charge is 2.05. The number of unbranched alkanes of at least 4 members (excludes halogenated alkanes) is 1. The van der Waals surface area contributed by atoms with E-state index in [4.69, 9.17) is 4.98 Å². The Morgan fingerprint density at radius 2 is 2.00 bits per heavy atom. The molecule has 1 heterocycles. The van der Waals surface area contributed by atoms with Gasteiger partial charge >= 0.3 is 0 Å². The third-order valence-corrected chi connectivity index (χ3v) is 3.16. The van der Waals surface area contributed by atoms with Crippen LogP contribution in [0.25, 0.3) is 0 Å². The fourth-order valence-electron chi connectivity index (χ4n) is 1.89. The van der Waals surface area contributed by atoms with Gasteiger partial charge in [0.1, 0.15) is 5.82 Å². The number of nitrogens with zero attached hydrogens (tertiary/aromatic N) is 2. The van der Waals surface area contributed by atoms with Crippen molar-refractivity contribution in [1.82, 2.24) is 10.3 Å². The van der Waals surface area contributed by atoms with E-state index in [0.29, 0.717) is 0 Å². The van der Waals surface area contributed by atoms with Gasteiger partial charge < -0.3 is 10.2 Å². The van der Waals surface area contributed by atoms with Crippen LogP contribution >= 0.6 is 0 Å². The van der Waals surface area contributed by atoms with Crippen LogP contribution in [0.2, 0.25) is 0 Å². The Bertz CT molecular complexity index is 350. The van der Waals surface area contributed by atoms with E-state index in [1.54, 1.807) is 0 Å². The first-order chi connectivity index (χ1) is 8.69. The number of anilines is 1. The maximum atomic E-state index is 4.69. The van der Waals surface area contributed by atoms with E-state index in [1.807, 2.05) is 0 Å². The van der Waals surface area contributed by atoms with Gasteiger partial charge in [-0.1, -0.05) is 26.3 Å². The summed E-state index contributed by atoms with van der Waals surface area (Å²) in [5.41, 5.74) is 2.44. The second-order valence-electron chi connectivity index (χ2n) is 4.87. The average molecular weight is 249 g/mol. The maximum Gasteiger partial charge on any atom is 0.128 e. The van der Waals surface area contributed by atoms with Gasteiger partial charge in [-0.3, -0.25) is 0 Å². The van der Waals surface area contributed by atoms with E-state index >= 15 is 0 Å². The van der Waals surface area contributed by atoms with Gasteiger partial charge in [0, 0.05) is 25.8 Å². The van der Waals surface area contributed by atoms with Gasteiger partial charge in [-0.25, -0.2) is 4.98 Å². The molecule has 0 radical (unpaired) electrons. The lowest BCUT2D eigenvalue weighted by atomic mass is 10.2. The summed E-state index contributed by atoms with van der Waals surface area (Å²) in [6.45, 7) is 9.57. The Hall–Kier alpha value is -1.09. The lowest BCUT2D eigenvalue weighted by Gasteiger charge is -2.19. The summed E-state index contributed by atoms with van der Waals surface area (Å²) >= 11 is 0. The summed E-state index contributed by atoms with van der Waals surface area (Å²) in [7, 11) is 2.12. The SMILES string of the molecule is CCCCN(C)c1ccc(CNCCC)c(C)n1. The van der Waals surface area contributed by atoms with Crippen molar-refractivity contribution >= 4 is 5.82 Å². The van der Waals surface area contributed by atoms with E-state index in [0.717, 1.165) is 31.1 Å². The zero-order chi connectivity index (χ0) is 13.4. The maximum absolute atomic E-state index is 4.69. The topological polar surface area (TPSA) is 28.2 Å². The third kappa shape index (κ3) is 4.65. The Morgan fingerprint density at radius 1 is 1.22 bits per heavy atom. The molecule has 1 rings (SSSR count). The first-order valence-corrected chi connectivity index (χ1v) is 7.07. The first kappa shape index (κ1) is 15.0. The van der Waals surface area contributed by atoms with E-state index in [1.165, 1.54) is 24.8 Å². The zero-order valence-corrected chi connectivity index (χ0v) is 12.3. The van der Waals surface area contributed by atoms with Crippen LogP contribution in [-0.4, -0.2) is 25.1 Å². The minimum Gasteiger partial charge on any atom is -0.360 e. The van der Waals surface area contributed by atoms with Gasteiger partial charge in [-0.05, 0) is 37.9 Å². The molecule has 0 unspecified atom stereocenters. The van der Waals surface area contributed by atoms with Crippen molar-refractivity contribution in [3.63, 3.8) is 0 Å². The van der Waals surface area contributed by atoms with Crippen molar-refractivity contribution in [2.45, 2.75) is 46.6 Å². The highest BCUT2D eigenvalue weighted by Crippen LogP contribution is 2.14. The Labute approximate surface area is 112 Å². The number of aromatic nitrogens is 1. The minimum absolute atomic E-state index is 0.922. The monoisotopic (exact) mass is 249 g/mol. The Morgan fingerprint density at radius 3 is 2.61 bits per heavy atom. The number of aryl methyl sites for hydroxylation is 1. The third-order valence-electron chi connectivity index (χ3n) is 3.16. The van der Waals surface area contributed by atoms with E-state index in [-0.39, 0.29) is 0 Å². The number of hydrogen-bond donors (Lipinski definition) is 1. The predicted octanol–water partition coefficient (Wildman–Crippen LogP) is 3.13. The van der Waals surface area contributed by atoms with Gasteiger partial charge in [-0.2, -0.15) is 0 Å². The molecule has 18 heavy (non-hydrogen) atoms. The van der Waals surface area contributed by atoms with Crippen LogP contribution in [-0.2, 0) is 6.54 Å². The fourth-order valence-corrected chi connectivity index (χ4v) is 1.89. The molecule has 0 spiro atoms. The second-order valence-corrected chi connectivity index (χ2v) is 4.87. The summed E-state index contributed by atoms with van der Waals surface area (Å²) in [5, 5.41) is 3.42. The van der Waals surface area contributed by atoms with E-state index in [2.05, 4.69) is 50.2 Å². The quantitative estimate of drug-likeness (QED) is 0.717. The van der Waals surface area contributed by atoms with Gasteiger partial charge in [0.2, 0.25) is 0 Å². The molecule has 0 aliphatic rings. The molecule has 0 aliphatic carbocycles. The fraction of sp³-hybridized carbons (Fsp3) is 0.667. The first-order valence-electron chi connectivity index (χ1n) is 7.07. The number of hydrogen-bond acceptors (Lipinski definition) is 3. The molecule has 0 bridgehead atoms. The summed E-state index contributed by atoms with van der Waals surface area (Å²) in [6, 6.07) is 4.33. The minimum atomic E-state index is 0.922. The summed E-state index contributed by atoms with van der Waals surface area (Å²) < 4.78 is 0. The molecule has 0 saturated heterocycles. The van der Waals surface area contributed by atoms with Gasteiger partial charge in [0.25, 0.3) is 0 Å². The molecule has 3 heteroatoms. The second kappa shape index (κ2) is 8.09. The van der Waals surface area contributed by atoms with Gasteiger partial charge in [0.05, 0.1) is 0 Å². The Balaban J connectivity index is 2.60. The Kier molecular flexibility index (Phi) is 6.73. The van der Waals surface area contributed by atoms with Crippen LogP contribution in [0.5, 0.6) is 0 Å². The van der Waals surface area contributed by atoms with Crippen molar-refractivity contribution in [3.8, 4) is 0 Å². The van der Waals surface area contributed by atoms with Crippen LogP contribution in [0.4, 0.5) is 5.82 Å². The molecule has 0 saturated carbocycles. The van der Waals surface area contributed by atoms with Crippen LogP contribution in [0.1, 0.15) is 44.4 Å². The van der Waals surface area contributed by atoms with Gasteiger partial charge in [-0.15, -0.1) is 0 Å². The molecule has 102 valence electrons. The van der Waals surface area contributed by atoms with E-state index < -0.39 is 0 Å². The van der Waals surface area contributed by atoms with Crippen molar-refractivity contribution in [2.24, 2.45) is 0 Å². The van der Waals surface area contributed by atoms with Crippen molar-refractivity contribution < 1.29 is 0 Å². The normalized spacial score (nSPS) is 10.7. The number of nitrogens with one attached hydrogen (secondary N) is 1.